The van der Waals surface area contributed by atoms with Crippen molar-refractivity contribution >= 4 is 5.69 Å². The van der Waals surface area contributed by atoms with Crippen LogP contribution in [-0.4, -0.2) is 48.6 Å². The van der Waals surface area contributed by atoms with Gasteiger partial charge in [0.05, 0.1) is 5.82 Å². The molecule has 2 aromatic carbocycles. The van der Waals surface area contributed by atoms with E-state index in [0.717, 1.165) is 18.7 Å². The Balaban J connectivity index is 0. The third-order valence-corrected chi connectivity index (χ3v) is 8.03. The lowest BCUT2D eigenvalue weighted by molar-refractivity contribution is 0.181. The van der Waals surface area contributed by atoms with Crippen molar-refractivity contribution in [2.75, 3.05) is 38.0 Å². The maximum atomic E-state index is 13.2. The van der Waals surface area contributed by atoms with Gasteiger partial charge in [-0.05, 0) is 128 Å². The van der Waals surface area contributed by atoms with Crippen LogP contribution >= 0.6 is 0 Å². The second kappa shape index (κ2) is 29.8. The molecule has 0 aliphatic carbocycles. The number of nitrogens with zero attached hydrogens (tertiary/aromatic N) is 2. The van der Waals surface area contributed by atoms with Gasteiger partial charge in [0.25, 0.3) is 0 Å². The average molecular weight is 663 g/mol. The number of nitrogens with one attached hydrogen (secondary N) is 2. The zero-order valence-electron chi connectivity index (χ0n) is 32.7. The van der Waals surface area contributed by atoms with Crippen LogP contribution in [0, 0.1) is 32.5 Å². The van der Waals surface area contributed by atoms with Crippen molar-refractivity contribution < 1.29 is 4.39 Å². The van der Waals surface area contributed by atoms with Crippen LogP contribution in [0.5, 0.6) is 0 Å². The van der Waals surface area contributed by atoms with Gasteiger partial charge in [-0.3, -0.25) is 4.90 Å². The second-order valence-electron chi connectivity index (χ2n) is 12.0. The molecule has 270 valence electrons. The minimum absolute atomic E-state index is 0.199. The molecule has 0 aliphatic heterocycles. The first kappa shape index (κ1) is 46.8. The fourth-order valence-electron chi connectivity index (χ4n) is 4.94. The van der Waals surface area contributed by atoms with Crippen molar-refractivity contribution in [2.24, 2.45) is 0 Å². The monoisotopic (exact) mass is 663 g/mol. The van der Waals surface area contributed by atoms with Crippen LogP contribution in [0.15, 0.2) is 78.2 Å². The molecule has 48 heavy (non-hydrogen) atoms. The molecule has 4 nitrogen and oxygen atoms in total. The Morgan fingerprint density at radius 3 is 2.08 bits per heavy atom. The van der Waals surface area contributed by atoms with E-state index >= 15 is 0 Å². The summed E-state index contributed by atoms with van der Waals surface area (Å²) in [6.07, 6.45) is 18.3. The van der Waals surface area contributed by atoms with E-state index in [1.807, 2.05) is 20.8 Å². The molecule has 0 aliphatic rings. The highest BCUT2D eigenvalue weighted by Gasteiger charge is 2.12. The molecule has 0 amide bonds. The molecule has 2 aromatic rings. The minimum Gasteiger partial charge on any atom is -0.368 e. The van der Waals surface area contributed by atoms with Gasteiger partial charge in [-0.15, -0.1) is 12.8 Å². The van der Waals surface area contributed by atoms with Gasteiger partial charge in [-0.2, -0.15) is 0 Å². The van der Waals surface area contributed by atoms with Gasteiger partial charge in [-0.25, -0.2) is 4.39 Å². The lowest BCUT2D eigenvalue weighted by atomic mass is 10.1. The zero-order chi connectivity index (χ0) is 36.9. The Bertz CT molecular complexity index is 1180. The molecule has 2 N–H and O–H groups in total. The number of anilines is 1. The van der Waals surface area contributed by atoms with E-state index in [2.05, 4.69) is 125 Å². The van der Waals surface area contributed by atoms with Gasteiger partial charge in [0.2, 0.25) is 0 Å². The summed E-state index contributed by atoms with van der Waals surface area (Å²) in [6.45, 7) is 34.0. The molecule has 0 saturated heterocycles. The molecule has 1 unspecified atom stereocenters. The molecule has 0 saturated carbocycles. The number of aryl methyl sites for hydroxylation is 2. The smallest absolute Gasteiger partial charge is 0.126 e. The number of hydrogen-bond acceptors (Lipinski definition) is 4. The number of hydrogen-bond donors (Lipinski definition) is 2. The van der Waals surface area contributed by atoms with Gasteiger partial charge in [0.1, 0.15) is 5.82 Å². The standard InChI is InChI=1S/C21H38N2.C18H25FN2.C2H6.C2H2/c1-6-14-22(18-21-12-10-19(4)11-13-21)16-9-17-23(15-7-2)20(5)8-3;1-6-13(3)10-16(7-2)12-20-15(5)21-17-8-9-18(19)14(4)11-17;2*1-2/h10-13,20H,6-9,14-18H2,1-5H3;7-11,20-21H,5-6,12H2,1-4H3;1-2H3;1-2H/b;13-10-,16-7+;;. The van der Waals surface area contributed by atoms with Gasteiger partial charge in [0, 0.05) is 24.8 Å². The number of halogens is 1. The molecule has 0 heterocycles. The Hall–Kier alpha value is -3.33. The summed E-state index contributed by atoms with van der Waals surface area (Å²) in [5.41, 5.74) is 6.79. The van der Waals surface area contributed by atoms with E-state index in [1.54, 1.807) is 19.1 Å². The SMILES string of the molecule is C#C.C=C(NCC(/C=C(/C)CC)=C/C)Nc1ccc(F)c(C)c1.CC.CCCN(CCCN(CCC)C(C)CC)Cc1ccc(C)cc1. The first-order chi connectivity index (χ1) is 23.1. The topological polar surface area (TPSA) is 30.5 Å². The average Bonchev–Trinajstić information content (AvgIpc) is 3.10. The van der Waals surface area contributed by atoms with Gasteiger partial charge in [0.15, 0.2) is 0 Å². The number of allylic oxidation sites excluding steroid dienone is 2. The molecular weight excluding hydrogens is 591 g/mol. The van der Waals surface area contributed by atoms with Crippen molar-refractivity contribution in [3.8, 4) is 12.8 Å². The first-order valence-electron chi connectivity index (χ1n) is 18.2. The highest BCUT2D eigenvalue weighted by molar-refractivity contribution is 5.49. The fraction of sp³-hybridized carbons (Fsp3) is 0.535. The van der Waals surface area contributed by atoms with Crippen LogP contribution in [0.2, 0.25) is 0 Å². The van der Waals surface area contributed by atoms with Crippen LogP contribution < -0.4 is 10.6 Å². The number of rotatable bonds is 19. The molecule has 1 atom stereocenters. The van der Waals surface area contributed by atoms with Gasteiger partial charge >= 0.3 is 0 Å². The molecule has 0 spiro atoms. The minimum atomic E-state index is -0.199. The van der Waals surface area contributed by atoms with Crippen molar-refractivity contribution in [1.82, 2.24) is 15.1 Å². The predicted octanol–water partition coefficient (Wildman–Crippen LogP) is 11.3. The van der Waals surface area contributed by atoms with E-state index in [4.69, 9.17) is 0 Å². The number of terminal acetylenes is 1. The Kier molecular flexibility index (Phi) is 29.0. The predicted molar refractivity (Wildman–Crippen MR) is 214 cm³/mol. The zero-order valence-corrected chi connectivity index (χ0v) is 32.7. The summed E-state index contributed by atoms with van der Waals surface area (Å²) in [4.78, 5) is 5.28. The lowest BCUT2D eigenvalue weighted by Crippen LogP contribution is -2.36. The van der Waals surface area contributed by atoms with Crippen molar-refractivity contribution in [2.45, 2.75) is 121 Å². The third-order valence-electron chi connectivity index (χ3n) is 8.03. The van der Waals surface area contributed by atoms with Crippen LogP contribution in [0.4, 0.5) is 10.1 Å². The fourth-order valence-corrected chi connectivity index (χ4v) is 4.94. The first-order valence-corrected chi connectivity index (χ1v) is 18.2. The normalized spacial score (nSPS) is 11.8. The summed E-state index contributed by atoms with van der Waals surface area (Å²) in [6, 6.07) is 14.6. The van der Waals surface area contributed by atoms with E-state index in [-0.39, 0.29) is 5.82 Å². The van der Waals surface area contributed by atoms with E-state index in [0.29, 0.717) is 24.0 Å². The van der Waals surface area contributed by atoms with E-state index in [1.165, 1.54) is 80.2 Å². The molecule has 5 heteroatoms. The Morgan fingerprint density at radius 2 is 1.56 bits per heavy atom. The Labute approximate surface area is 297 Å². The summed E-state index contributed by atoms with van der Waals surface area (Å²) < 4.78 is 13.2. The summed E-state index contributed by atoms with van der Waals surface area (Å²) in [5, 5.41) is 6.37. The molecule has 2 rings (SSSR count). The van der Waals surface area contributed by atoms with Crippen LogP contribution in [0.25, 0.3) is 0 Å². The summed E-state index contributed by atoms with van der Waals surface area (Å²) in [7, 11) is 0. The van der Waals surface area contributed by atoms with Gasteiger partial charge in [-0.1, -0.05) is 95.7 Å². The highest BCUT2D eigenvalue weighted by atomic mass is 19.1. The van der Waals surface area contributed by atoms with E-state index < -0.39 is 0 Å². The number of benzene rings is 2. The highest BCUT2D eigenvalue weighted by Crippen LogP contribution is 2.15. The largest absolute Gasteiger partial charge is 0.368 e. The summed E-state index contributed by atoms with van der Waals surface area (Å²) in [5.74, 6) is 0.499. The Morgan fingerprint density at radius 1 is 0.938 bits per heavy atom. The quantitative estimate of drug-likeness (QED) is 0.116. The van der Waals surface area contributed by atoms with Crippen molar-refractivity contribution in [3.05, 3.63) is 101 Å². The van der Waals surface area contributed by atoms with Crippen LogP contribution in [0.1, 0.15) is 111 Å². The van der Waals surface area contributed by atoms with Crippen molar-refractivity contribution in [1.29, 1.82) is 0 Å². The lowest BCUT2D eigenvalue weighted by Gasteiger charge is -2.29. The molecular formula is C43H71FN4. The van der Waals surface area contributed by atoms with Crippen LogP contribution in [0.3, 0.4) is 0 Å². The summed E-state index contributed by atoms with van der Waals surface area (Å²) >= 11 is 0. The van der Waals surface area contributed by atoms with E-state index in [9.17, 15) is 4.39 Å². The maximum absolute atomic E-state index is 13.2. The second-order valence-corrected chi connectivity index (χ2v) is 12.0. The molecule has 0 radical (unpaired) electrons. The molecule has 0 fully saturated rings. The maximum Gasteiger partial charge on any atom is 0.126 e. The van der Waals surface area contributed by atoms with Crippen molar-refractivity contribution in [3.63, 3.8) is 0 Å². The molecule has 0 aromatic heterocycles. The van der Waals surface area contributed by atoms with Gasteiger partial charge < -0.3 is 15.5 Å². The third kappa shape index (κ3) is 21.5. The molecule has 0 bridgehead atoms. The van der Waals surface area contributed by atoms with Crippen LogP contribution in [-0.2, 0) is 6.54 Å².